The second-order valence-corrected chi connectivity index (χ2v) is 6.18. The lowest BCUT2D eigenvalue weighted by Crippen LogP contribution is -2.49. The van der Waals surface area contributed by atoms with Crippen molar-refractivity contribution in [1.82, 2.24) is 5.32 Å². The molecule has 1 saturated carbocycles. The van der Waals surface area contributed by atoms with E-state index in [0.29, 0.717) is 17.8 Å². The molecule has 108 valence electrons. The Morgan fingerprint density at radius 3 is 1.90 bits per heavy atom. The van der Waals surface area contributed by atoms with Crippen molar-refractivity contribution >= 4 is 0 Å². The van der Waals surface area contributed by atoms with Crippen LogP contribution in [0.4, 0.5) is 0 Å². The van der Waals surface area contributed by atoms with Gasteiger partial charge in [0.15, 0.2) is 0 Å². The highest BCUT2D eigenvalue weighted by Crippen LogP contribution is 2.66. The van der Waals surface area contributed by atoms with Gasteiger partial charge in [-0.15, -0.1) is 0 Å². The zero-order valence-corrected chi connectivity index (χ0v) is 13.1. The number of nitrogens with zero attached hydrogens (tertiary/aromatic N) is 3. The maximum Gasteiger partial charge on any atom is 0.280 e. The standard InChI is InChI=1S/C16H24N4/c1-6-13(20-15(8-17,9-18)10-19)14-12(5)16(14,7-2)11(3)4/h11-14,20H,6-7H2,1-5H3. The third-order valence-electron chi connectivity index (χ3n) is 5.36. The first kappa shape index (κ1) is 16.5. The molecule has 4 unspecified atom stereocenters. The van der Waals surface area contributed by atoms with Crippen molar-refractivity contribution in [3.63, 3.8) is 0 Å². The predicted octanol–water partition coefficient (Wildman–Crippen LogP) is 2.98. The Balaban J connectivity index is 2.99. The molecule has 4 nitrogen and oxygen atoms in total. The van der Waals surface area contributed by atoms with Crippen molar-refractivity contribution in [2.24, 2.45) is 23.2 Å². The summed E-state index contributed by atoms with van der Waals surface area (Å²) in [6.07, 6.45) is 1.91. The van der Waals surface area contributed by atoms with Gasteiger partial charge in [-0.05, 0) is 36.0 Å². The van der Waals surface area contributed by atoms with E-state index in [4.69, 9.17) is 15.8 Å². The average Bonchev–Trinajstić information content (AvgIpc) is 3.07. The molecule has 20 heavy (non-hydrogen) atoms. The van der Waals surface area contributed by atoms with Gasteiger partial charge in [0.05, 0.1) is 0 Å². The molecule has 0 amide bonds. The minimum atomic E-state index is -1.72. The van der Waals surface area contributed by atoms with Crippen LogP contribution in [0.25, 0.3) is 0 Å². The van der Waals surface area contributed by atoms with Crippen LogP contribution >= 0.6 is 0 Å². The van der Waals surface area contributed by atoms with Crippen LogP contribution in [-0.2, 0) is 0 Å². The number of hydrogen-bond acceptors (Lipinski definition) is 4. The summed E-state index contributed by atoms with van der Waals surface area (Å²) >= 11 is 0. The van der Waals surface area contributed by atoms with Gasteiger partial charge in [0.2, 0.25) is 0 Å². The minimum absolute atomic E-state index is 0.0336. The van der Waals surface area contributed by atoms with Gasteiger partial charge >= 0.3 is 0 Å². The third-order valence-corrected chi connectivity index (χ3v) is 5.36. The second kappa shape index (κ2) is 5.82. The van der Waals surface area contributed by atoms with Crippen LogP contribution in [0.3, 0.4) is 0 Å². The quantitative estimate of drug-likeness (QED) is 0.805. The Kier molecular flexibility index (Phi) is 4.80. The molecule has 1 aliphatic rings. The summed E-state index contributed by atoms with van der Waals surface area (Å²) in [5.41, 5.74) is -1.46. The average molecular weight is 272 g/mol. The topological polar surface area (TPSA) is 83.4 Å². The van der Waals surface area contributed by atoms with E-state index >= 15 is 0 Å². The smallest absolute Gasteiger partial charge is 0.272 e. The number of nitrogens with one attached hydrogen (secondary N) is 1. The van der Waals surface area contributed by atoms with Crippen LogP contribution in [0, 0.1) is 57.2 Å². The van der Waals surface area contributed by atoms with E-state index in [1.807, 2.05) is 25.1 Å². The molecule has 1 N–H and O–H groups in total. The molecule has 0 aromatic rings. The monoisotopic (exact) mass is 272 g/mol. The Bertz CT molecular complexity index is 440. The van der Waals surface area contributed by atoms with Crippen LogP contribution in [0.1, 0.15) is 47.5 Å². The highest BCUT2D eigenvalue weighted by atomic mass is 15.0. The highest BCUT2D eigenvalue weighted by molar-refractivity contribution is 5.35. The molecule has 0 aliphatic heterocycles. The zero-order chi connectivity index (χ0) is 15.6. The van der Waals surface area contributed by atoms with Crippen molar-refractivity contribution in [3.8, 4) is 18.2 Å². The fourth-order valence-corrected chi connectivity index (χ4v) is 4.19. The van der Waals surface area contributed by atoms with E-state index in [2.05, 4.69) is 33.0 Å². The molecule has 0 aromatic heterocycles. The Labute approximate surface area is 122 Å². The molecule has 0 heterocycles. The predicted molar refractivity (Wildman–Crippen MR) is 77.0 cm³/mol. The van der Waals surface area contributed by atoms with Gasteiger partial charge in [-0.3, -0.25) is 5.32 Å². The fourth-order valence-electron chi connectivity index (χ4n) is 4.19. The first-order valence-electron chi connectivity index (χ1n) is 7.40. The molecule has 1 fully saturated rings. The fraction of sp³-hybridized carbons (Fsp3) is 0.812. The van der Waals surface area contributed by atoms with Crippen molar-refractivity contribution < 1.29 is 0 Å². The summed E-state index contributed by atoms with van der Waals surface area (Å²) in [5.74, 6) is 1.54. The van der Waals surface area contributed by atoms with Crippen molar-refractivity contribution in [2.45, 2.75) is 59.0 Å². The van der Waals surface area contributed by atoms with Crippen molar-refractivity contribution in [3.05, 3.63) is 0 Å². The lowest BCUT2D eigenvalue weighted by atomic mass is 9.83. The van der Waals surface area contributed by atoms with Gasteiger partial charge in [-0.2, -0.15) is 15.8 Å². The summed E-state index contributed by atoms with van der Waals surface area (Å²) < 4.78 is 0. The summed E-state index contributed by atoms with van der Waals surface area (Å²) in [5, 5.41) is 30.4. The molecule has 0 saturated heterocycles. The molecule has 0 bridgehead atoms. The Hall–Kier alpha value is -1.57. The first-order chi connectivity index (χ1) is 9.38. The van der Waals surface area contributed by atoms with Gasteiger partial charge in [0.25, 0.3) is 5.54 Å². The molecule has 0 radical (unpaired) electrons. The molecule has 4 heteroatoms. The van der Waals surface area contributed by atoms with Crippen LogP contribution < -0.4 is 5.32 Å². The van der Waals surface area contributed by atoms with Gasteiger partial charge in [0.1, 0.15) is 18.2 Å². The maximum atomic E-state index is 9.13. The van der Waals surface area contributed by atoms with E-state index in [1.165, 1.54) is 0 Å². The minimum Gasteiger partial charge on any atom is -0.272 e. The Morgan fingerprint density at radius 1 is 1.15 bits per heavy atom. The van der Waals surface area contributed by atoms with Crippen molar-refractivity contribution in [2.75, 3.05) is 0 Å². The zero-order valence-electron chi connectivity index (χ0n) is 13.1. The summed E-state index contributed by atoms with van der Waals surface area (Å²) in [6.45, 7) is 11.0. The molecule has 0 aromatic carbocycles. The molecule has 0 spiro atoms. The summed E-state index contributed by atoms with van der Waals surface area (Å²) in [7, 11) is 0. The van der Waals surface area contributed by atoms with Crippen LogP contribution in [0.2, 0.25) is 0 Å². The van der Waals surface area contributed by atoms with Crippen LogP contribution in [-0.4, -0.2) is 11.6 Å². The van der Waals surface area contributed by atoms with E-state index in [1.54, 1.807) is 0 Å². The third kappa shape index (κ3) is 2.28. The van der Waals surface area contributed by atoms with E-state index in [-0.39, 0.29) is 11.5 Å². The molecular formula is C16H24N4. The maximum absolute atomic E-state index is 9.13. The Morgan fingerprint density at radius 2 is 1.65 bits per heavy atom. The second-order valence-electron chi connectivity index (χ2n) is 6.18. The first-order valence-corrected chi connectivity index (χ1v) is 7.40. The van der Waals surface area contributed by atoms with Crippen LogP contribution in [0.5, 0.6) is 0 Å². The van der Waals surface area contributed by atoms with Crippen molar-refractivity contribution in [1.29, 1.82) is 15.8 Å². The lowest BCUT2D eigenvalue weighted by molar-refractivity contribution is 0.264. The van der Waals surface area contributed by atoms with Gasteiger partial charge < -0.3 is 0 Å². The van der Waals surface area contributed by atoms with E-state index < -0.39 is 5.54 Å². The molecule has 1 aliphatic carbocycles. The van der Waals surface area contributed by atoms with Crippen LogP contribution in [0.15, 0.2) is 0 Å². The normalized spacial score (nSPS) is 30.1. The lowest BCUT2D eigenvalue weighted by Gasteiger charge is -2.27. The highest BCUT2D eigenvalue weighted by Gasteiger charge is 2.64. The SMILES string of the molecule is CCC(NC(C#N)(C#N)C#N)C1C(C)C1(CC)C(C)C. The molecule has 4 atom stereocenters. The summed E-state index contributed by atoms with van der Waals surface area (Å²) in [4.78, 5) is 0. The number of rotatable bonds is 6. The largest absolute Gasteiger partial charge is 0.280 e. The molecule has 1 rings (SSSR count). The van der Waals surface area contributed by atoms with Gasteiger partial charge in [0, 0.05) is 6.04 Å². The van der Waals surface area contributed by atoms with E-state index in [9.17, 15) is 0 Å². The molecular weight excluding hydrogens is 248 g/mol. The number of nitriles is 3. The number of hydrogen-bond donors (Lipinski definition) is 1. The van der Waals surface area contributed by atoms with E-state index in [0.717, 1.165) is 12.8 Å². The summed E-state index contributed by atoms with van der Waals surface area (Å²) in [6, 6.07) is 5.49. The van der Waals surface area contributed by atoms with Gasteiger partial charge in [-0.25, -0.2) is 0 Å². The van der Waals surface area contributed by atoms with Gasteiger partial charge in [-0.1, -0.05) is 34.6 Å².